The largest absolute Gasteiger partial charge is 0.352 e. The van der Waals surface area contributed by atoms with Crippen molar-refractivity contribution in [1.82, 2.24) is 15.1 Å². The van der Waals surface area contributed by atoms with Gasteiger partial charge in [-0.3, -0.25) is 9.48 Å². The fraction of sp³-hybridized carbons (Fsp3) is 0.273. The van der Waals surface area contributed by atoms with E-state index >= 15 is 0 Å². The summed E-state index contributed by atoms with van der Waals surface area (Å²) in [5, 5.41) is 6.83. The Balaban J connectivity index is 1.81. The molecule has 0 aliphatic heterocycles. The summed E-state index contributed by atoms with van der Waals surface area (Å²) in [6.45, 7) is 0.640. The Kier molecular flexibility index (Phi) is 3.96. The lowest BCUT2D eigenvalue weighted by atomic mass is 10.3. The monoisotopic (exact) mass is 313 g/mol. The average molecular weight is 314 g/mol. The van der Waals surface area contributed by atoms with Crippen LogP contribution in [0, 0.1) is 0 Å². The average Bonchev–Trinajstić information content (AvgIpc) is 2.88. The van der Waals surface area contributed by atoms with Gasteiger partial charge in [0.1, 0.15) is 0 Å². The third kappa shape index (κ3) is 3.41. The Morgan fingerprint density at radius 3 is 3.00 bits per heavy atom. The number of carbonyl (C=O) groups excluding carboxylic acids is 1. The van der Waals surface area contributed by atoms with Crippen molar-refractivity contribution in [1.29, 1.82) is 0 Å². The van der Waals surface area contributed by atoms with Gasteiger partial charge in [0, 0.05) is 24.7 Å². The lowest BCUT2D eigenvalue weighted by Gasteiger charge is -2.01. The standard InChI is InChI=1S/C11H12BrN3OS/c1-15-7-8(6-14-15)11(16)13-5-4-9-2-3-10(12)17-9/h2-3,6-7H,4-5H2,1H3,(H,13,16). The number of rotatable bonds is 4. The van der Waals surface area contributed by atoms with E-state index in [1.807, 2.05) is 6.07 Å². The molecule has 0 bridgehead atoms. The van der Waals surface area contributed by atoms with Crippen LogP contribution in [0.5, 0.6) is 0 Å². The summed E-state index contributed by atoms with van der Waals surface area (Å²) in [5.74, 6) is -0.0753. The van der Waals surface area contributed by atoms with E-state index in [0.29, 0.717) is 12.1 Å². The molecule has 2 rings (SSSR count). The van der Waals surface area contributed by atoms with Gasteiger partial charge in [0.25, 0.3) is 5.91 Å². The zero-order valence-corrected chi connectivity index (χ0v) is 11.7. The number of nitrogens with one attached hydrogen (secondary N) is 1. The minimum absolute atomic E-state index is 0.0753. The molecule has 17 heavy (non-hydrogen) atoms. The molecule has 6 heteroatoms. The number of hydrogen-bond acceptors (Lipinski definition) is 3. The number of amides is 1. The SMILES string of the molecule is Cn1cc(C(=O)NCCc2ccc(Br)s2)cn1. The van der Waals surface area contributed by atoms with Crippen LogP contribution in [0.2, 0.25) is 0 Å². The third-order valence-corrected chi connectivity index (χ3v) is 3.94. The molecular weight excluding hydrogens is 302 g/mol. The van der Waals surface area contributed by atoms with Gasteiger partial charge in [0.15, 0.2) is 0 Å². The molecule has 0 aromatic carbocycles. The van der Waals surface area contributed by atoms with Gasteiger partial charge in [-0.05, 0) is 34.5 Å². The third-order valence-electron chi connectivity index (χ3n) is 2.25. The molecule has 0 spiro atoms. The van der Waals surface area contributed by atoms with Gasteiger partial charge in [0.2, 0.25) is 0 Å². The Hall–Kier alpha value is -1.14. The predicted molar refractivity (Wildman–Crippen MR) is 71.3 cm³/mol. The van der Waals surface area contributed by atoms with E-state index in [1.165, 1.54) is 4.88 Å². The number of thiophene rings is 1. The Morgan fingerprint density at radius 2 is 2.41 bits per heavy atom. The summed E-state index contributed by atoms with van der Waals surface area (Å²) in [6.07, 6.45) is 4.12. The highest BCUT2D eigenvalue weighted by Crippen LogP contribution is 2.22. The van der Waals surface area contributed by atoms with Crippen molar-refractivity contribution >= 4 is 33.2 Å². The summed E-state index contributed by atoms with van der Waals surface area (Å²) in [6, 6.07) is 4.08. The summed E-state index contributed by atoms with van der Waals surface area (Å²) < 4.78 is 2.73. The van der Waals surface area contributed by atoms with Gasteiger partial charge >= 0.3 is 0 Å². The number of aromatic nitrogens is 2. The van der Waals surface area contributed by atoms with E-state index in [4.69, 9.17) is 0 Å². The van der Waals surface area contributed by atoms with E-state index in [1.54, 1.807) is 35.5 Å². The van der Waals surface area contributed by atoms with Crippen LogP contribution in [0.3, 0.4) is 0 Å². The number of carbonyl (C=O) groups is 1. The van der Waals surface area contributed by atoms with Crippen LogP contribution in [0.15, 0.2) is 28.3 Å². The summed E-state index contributed by atoms with van der Waals surface area (Å²) in [5.41, 5.74) is 0.597. The van der Waals surface area contributed by atoms with Crippen LogP contribution in [0.1, 0.15) is 15.2 Å². The first-order chi connectivity index (χ1) is 8.15. The van der Waals surface area contributed by atoms with Crippen molar-refractivity contribution in [3.05, 3.63) is 38.8 Å². The first-order valence-corrected chi connectivity index (χ1v) is 6.77. The molecule has 2 aromatic rings. The summed E-state index contributed by atoms with van der Waals surface area (Å²) >= 11 is 5.10. The van der Waals surface area contributed by atoms with E-state index in [0.717, 1.165) is 10.2 Å². The highest BCUT2D eigenvalue weighted by Gasteiger charge is 2.06. The highest BCUT2D eigenvalue weighted by molar-refractivity contribution is 9.11. The lowest BCUT2D eigenvalue weighted by Crippen LogP contribution is -2.25. The van der Waals surface area contributed by atoms with Crippen molar-refractivity contribution < 1.29 is 4.79 Å². The molecule has 2 aromatic heterocycles. The van der Waals surface area contributed by atoms with Gasteiger partial charge in [-0.25, -0.2) is 0 Å². The van der Waals surface area contributed by atoms with E-state index in [-0.39, 0.29) is 5.91 Å². The molecule has 1 amide bonds. The predicted octanol–water partition coefficient (Wildman–Crippen LogP) is 2.22. The Labute approximate surface area is 112 Å². The molecular formula is C11H12BrN3OS. The van der Waals surface area contributed by atoms with E-state index in [9.17, 15) is 4.79 Å². The van der Waals surface area contributed by atoms with Crippen LogP contribution in [0.25, 0.3) is 0 Å². The second-order valence-electron chi connectivity index (χ2n) is 3.61. The molecule has 2 heterocycles. The number of hydrogen-bond donors (Lipinski definition) is 1. The number of halogens is 1. The van der Waals surface area contributed by atoms with E-state index < -0.39 is 0 Å². The molecule has 0 aliphatic rings. The quantitative estimate of drug-likeness (QED) is 0.940. The minimum Gasteiger partial charge on any atom is -0.352 e. The van der Waals surface area contributed by atoms with Crippen molar-refractivity contribution in [2.24, 2.45) is 7.05 Å². The second-order valence-corrected chi connectivity index (χ2v) is 6.16. The van der Waals surface area contributed by atoms with Crippen LogP contribution in [0.4, 0.5) is 0 Å². The maximum absolute atomic E-state index is 11.7. The van der Waals surface area contributed by atoms with Gasteiger partial charge in [-0.15, -0.1) is 11.3 Å². The van der Waals surface area contributed by atoms with Gasteiger partial charge in [-0.1, -0.05) is 0 Å². The van der Waals surface area contributed by atoms with Gasteiger partial charge in [0.05, 0.1) is 15.5 Å². The molecule has 0 atom stereocenters. The molecule has 0 saturated heterocycles. The zero-order valence-electron chi connectivity index (χ0n) is 9.31. The van der Waals surface area contributed by atoms with Crippen LogP contribution < -0.4 is 5.32 Å². The van der Waals surface area contributed by atoms with Crippen molar-refractivity contribution in [3.63, 3.8) is 0 Å². The minimum atomic E-state index is -0.0753. The summed E-state index contributed by atoms with van der Waals surface area (Å²) in [7, 11) is 1.79. The smallest absolute Gasteiger partial charge is 0.254 e. The van der Waals surface area contributed by atoms with Gasteiger partial charge in [-0.2, -0.15) is 5.10 Å². The molecule has 0 fully saturated rings. The van der Waals surface area contributed by atoms with Crippen molar-refractivity contribution in [3.8, 4) is 0 Å². The second kappa shape index (κ2) is 5.46. The summed E-state index contributed by atoms with van der Waals surface area (Å²) in [4.78, 5) is 12.9. The molecule has 0 radical (unpaired) electrons. The van der Waals surface area contributed by atoms with Crippen molar-refractivity contribution in [2.75, 3.05) is 6.54 Å². The lowest BCUT2D eigenvalue weighted by molar-refractivity contribution is 0.0954. The highest BCUT2D eigenvalue weighted by atomic mass is 79.9. The number of nitrogens with zero attached hydrogens (tertiary/aromatic N) is 2. The Bertz CT molecular complexity index is 520. The maximum Gasteiger partial charge on any atom is 0.254 e. The topological polar surface area (TPSA) is 46.9 Å². The van der Waals surface area contributed by atoms with Crippen LogP contribution in [-0.2, 0) is 13.5 Å². The van der Waals surface area contributed by atoms with Gasteiger partial charge < -0.3 is 5.32 Å². The fourth-order valence-electron chi connectivity index (χ4n) is 1.43. The molecule has 4 nitrogen and oxygen atoms in total. The number of aryl methyl sites for hydroxylation is 1. The van der Waals surface area contributed by atoms with Crippen molar-refractivity contribution in [2.45, 2.75) is 6.42 Å². The molecule has 0 aliphatic carbocycles. The van der Waals surface area contributed by atoms with E-state index in [2.05, 4.69) is 32.4 Å². The molecule has 90 valence electrons. The molecule has 1 N–H and O–H groups in total. The fourth-order valence-corrected chi connectivity index (χ4v) is 2.91. The first-order valence-electron chi connectivity index (χ1n) is 5.16. The Morgan fingerprint density at radius 1 is 1.59 bits per heavy atom. The normalized spacial score (nSPS) is 10.5. The first kappa shape index (κ1) is 12.3. The zero-order chi connectivity index (χ0) is 12.3. The van der Waals surface area contributed by atoms with Crippen LogP contribution in [-0.4, -0.2) is 22.2 Å². The molecule has 0 unspecified atom stereocenters. The molecule has 0 saturated carbocycles. The maximum atomic E-state index is 11.7. The van der Waals surface area contributed by atoms with Crippen LogP contribution >= 0.6 is 27.3 Å².